The lowest BCUT2D eigenvalue weighted by atomic mass is 10.1. The van der Waals surface area contributed by atoms with Gasteiger partial charge in [0.05, 0.1) is 22.7 Å². The summed E-state index contributed by atoms with van der Waals surface area (Å²) in [6.07, 6.45) is 0.463. The first-order valence-corrected chi connectivity index (χ1v) is 9.65. The second-order valence-electron chi connectivity index (χ2n) is 5.23. The van der Waals surface area contributed by atoms with Crippen molar-refractivity contribution in [2.75, 3.05) is 13.7 Å². The molecular formula is C16H17Cl2N3O4S. The maximum absolute atomic E-state index is 12.5. The Balaban J connectivity index is 2.15. The van der Waals surface area contributed by atoms with Crippen molar-refractivity contribution in [3.05, 3.63) is 57.6 Å². The van der Waals surface area contributed by atoms with Crippen LogP contribution in [0.5, 0.6) is 5.75 Å². The van der Waals surface area contributed by atoms with Gasteiger partial charge in [-0.3, -0.25) is 10.2 Å². The number of methoxy groups -OCH3 is 1. The molecule has 4 N–H and O–H groups in total. The smallest absolute Gasteiger partial charge is 0.266 e. The van der Waals surface area contributed by atoms with Gasteiger partial charge in [-0.05, 0) is 36.2 Å². The van der Waals surface area contributed by atoms with Crippen molar-refractivity contribution in [1.29, 1.82) is 0 Å². The van der Waals surface area contributed by atoms with Gasteiger partial charge in [-0.2, -0.15) is 0 Å². The Labute approximate surface area is 161 Å². The molecule has 2 aromatic carbocycles. The van der Waals surface area contributed by atoms with Crippen molar-refractivity contribution in [2.45, 2.75) is 11.3 Å². The maximum Gasteiger partial charge on any atom is 0.266 e. The van der Waals surface area contributed by atoms with E-state index in [2.05, 4.69) is 4.72 Å². The molecule has 0 bridgehead atoms. The lowest BCUT2D eigenvalue weighted by molar-refractivity contribution is 0.0953. The van der Waals surface area contributed by atoms with Crippen LogP contribution in [0.4, 0.5) is 0 Å². The molecule has 0 atom stereocenters. The van der Waals surface area contributed by atoms with Crippen LogP contribution >= 0.6 is 23.2 Å². The van der Waals surface area contributed by atoms with Gasteiger partial charge in [-0.15, -0.1) is 0 Å². The molecule has 0 aliphatic rings. The van der Waals surface area contributed by atoms with Crippen LogP contribution in [0.2, 0.25) is 10.0 Å². The van der Waals surface area contributed by atoms with E-state index >= 15 is 0 Å². The summed E-state index contributed by atoms with van der Waals surface area (Å²) in [4.78, 5) is 11.4. The highest BCUT2D eigenvalue weighted by Gasteiger charge is 2.22. The predicted molar refractivity (Wildman–Crippen MR) is 100 cm³/mol. The van der Waals surface area contributed by atoms with E-state index in [-0.39, 0.29) is 27.0 Å². The molecule has 26 heavy (non-hydrogen) atoms. The first-order chi connectivity index (χ1) is 12.3. The SMILES string of the molecule is COc1ccc(CCNS(=O)(=O)c2cc(C(=O)NN)c(Cl)cc2Cl)cc1. The number of carbonyl (C=O) groups excluding carboxylic acids is 1. The summed E-state index contributed by atoms with van der Waals surface area (Å²) in [6, 6.07) is 9.53. The Hall–Kier alpha value is -1.84. The first kappa shape index (κ1) is 20.5. The number of amides is 1. The van der Waals surface area contributed by atoms with E-state index in [4.69, 9.17) is 33.8 Å². The summed E-state index contributed by atoms with van der Waals surface area (Å²) < 4.78 is 32.5. The molecule has 1 amide bonds. The van der Waals surface area contributed by atoms with Crippen LogP contribution in [-0.2, 0) is 16.4 Å². The Morgan fingerprint density at radius 2 is 1.81 bits per heavy atom. The zero-order valence-electron chi connectivity index (χ0n) is 13.8. The third-order valence-electron chi connectivity index (χ3n) is 3.55. The molecule has 0 unspecified atom stereocenters. The topological polar surface area (TPSA) is 111 Å². The summed E-state index contributed by atoms with van der Waals surface area (Å²) in [5.74, 6) is 5.06. The van der Waals surface area contributed by atoms with E-state index in [1.807, 2.05) is 17.6 Å². The number of hydrazine groups is 1. The van der Waals surface area contributed by atoms with Crippen LogP contribution in [0.15, 0.2) is 41.3 Å². The van der Waals surface area contributed by atoms with Gasteiger partial charge in [-0.25, -0.2) is 19.0 Å². The number of nitrogens with two attached hydrogens (primary N) is 1. The van der Waals surface area contributed by atoms with Gasteiger partial charge < -0.3 is 4.74 Å². The van der Waals surface area contributed by atoms with Crippen molar-refractivity contribution in [1.82, 2.24) is 10.1 Å². The number of carbonyl (C=O) groups is 1. The van der Waals surface area contributed by atoms with Crippen LogP contribution in [0.1, 0.15) is 15.9 Å². The Kier molecular flexibility index (Phi) is 6.85. The van der Waals surface area contributed by atoms with E-state index in [1.54, 1.807) is 19.2 Å². The average Bonchev–Trinajstić information content (AvgIpc) is 2.61. The number of nitrogens with one attached hydrogen (secondary N) is 2. The molecule has 140 valence electrons. The fraction of sp³-hybridized carbons (Fsp3) is 0.188. The Morgan fingerprint density at radius 1 is 1.15 bits per heavy atom. The van der Waals surface area contributed by atoms with Gasteiger partial charge in [-0.1, -0.05) is 35.3 Å². The van der Waals surface area contributed by atoms with Crippen LogP contribution in [0, 0.1) is 0 Å². The van der Waals surface area contributed by atoms with Crippen molar-refractivity contribution in [3.63, 3.8) is 0 Å². The highest BCUT2D eigenvalue weighted by atomic mass is 35.5. The van der Waals surface area contributed by atoms with Crippen LogP contribution in [0.25, 0.3) is 0 Å². The molecule has 10 heteroatoms. The van der Waals surface area contributed by atoms with Gasteiger partial charge in [0.1, 0.15) is 10.6 Å². The molecule has 0 aliphatic carbocycles. The largest absolute Gasteiger partial charge is 0.497 e. The molecule has 0 spiro atoms. The van der Waals surface area contributed by atoms with Gasteiger partial charge in [0.25, 0.3) is 5.91 Å². The molecule has 2 rings (SSSR count). The molecule has 0 fully saturated rings. The fourth-order valence-electron chi connectivity index (χ4n) is 2.19. The third kappa shape index (κ3) is 4.87. The number of hydrogen-bond acceptors (Lipinski definition) is 5. The van der Waals surface area contributed by atoms with E-state index in [0.717, 1.165) is 11.6 Å². The molecule has 0 aromatic heterocycles. The summed E-state index contributed by atoms with van der Waals surface area (Å²) in [5, 5.41) is -0.101. The molecular weight excluding hydrogens is 401 g/mol. The summed E-state index contributed by atoms with van der Waals surface area (Å²) in [5.41, 5.74) is 2.74. The highest BCUT2D eigenvalue weighted by molar-refractivity contribution is 7.89. The second kappa shape index (κ2) is 8.70. The van der Waals surface area contributed by atoms with Gasteiger partial charge >= 0.3 is 0 Å². The van der Waals surface area contributed by atoms with Crippen molar-refractivity contribution in [2.24, 2.45) is 5.84 Å². The minimum absolute atomic E-state index is 0.00451. The molecule has 0 saturated carbocycles. The lowest BCUT2D eigenvalue weighted by Crippen LogP contribution is -2.31. The minimum Gasteiger partial charge on any atom is -0.497 e. The molecule has 0 aliphatic heterocycles. The highest BCUT2D eigenvalue weighted by Crippen LogP contribution is 2.28. The summed E-state index contributed by atoms with van der Waals surface area (Å²) in [6.45, 7) is 0.145. The maximum atomic E-state index is 12.5. The molecule has 0 heterocycles. The van der Waals surface area contributed by atoms with Crippen LogP contribution in [-0.4, -0.2) is 28.0 Å². The zero-order chi connectivity index (χ0) is 19.3. The number of ether oxygens (including phenoxy) is 1. The number of sulfonamides is 1. The quantitative estimate of drug-likeness (QED) is 0.363. The average molecular weight is 418 g/mol. The van der Waals surface area contributed by atoms with Crippen LogP contribution < -0.4 is 20.7 Å². The molecule has 7 nitrogen and oxygen atoms in total. The molecule has 0 saturated heterocycles. The number of hydrogen-bond donors (Lipinski definition) is 3. The predicted octanol–water partition coefficient (Wildman–Crippen LogP) is 2.13. The second-order valence-corrected chi connectivity index (χ2v) is 7.78. The summed E-state index contributed by atoms with van der Waals surface area (Å²) in [7, 11) is -2.37. The van der Waals surface area contributed by atoms with E-state index in [1.165, 1.54) is 6.07 Å². The van der Waals surface area contributed by atoms with Crippen molar-refractivity contribution in [3.8, 4) is 5.75 Å². The minimum atomic E-state index is -3.94. The normalized spacial score (nSPS) is 11.2. The van der Waals surface area contributed by atoms with E-state index in [9.17, 15) is 13.2 Å². The van der Waals surface area contributed by atoms with Gasteiger partial charge in [0.2, 0.25) is 10.0 Å². The first-order valence-electron chi connectivity index (χ1n) is 7.41. The lowest BCUT2D eigenvalue weighted by Gasteiger charge is -2.11. The van der Waals surface area contributed by atoms with Crippen molar-refractivity contribution < 1.29 is 17.9 Å². The van der Waals surface area contributed by atoms with Gasteiger partial charge in [0, 0.05) is 6.54 Å². The Morgan fingerprint density at radius 3 is 2.38 bits per heavy atom. The van der Waals surface area contributed by atoms with Crippen LogP contribution in [0.3, 0.4) is 0 Å². The standard InChI is InChI=1S/C16H17Cl2N3O4S/c1-25-11-4-2-10(3-5-11)6-7-20-26(23,24)15-8-12(16(22)21-19)13(17)9-14(15)18/h2-5,8-9,20H,6-7,19H2,1H3,(H,21,22). The number of benzene rings is 2. The van der Waals surface area contributed by atoms with Crippen molar-refractivity contribution >= 4 is 39.1 Å². The monoisotopic (exact) mass is 417 g/mol. The van der Waals surface area contributed by atoms with E-state index in [0.29, 0.717) is 12.2 Å². The molecule has 2 aromatic rings. The fourth-order valence-corrected chi connectivity index (χ4v) is 4.08. The summed E-state index contributed by atoms with van der Waals surface area (Å²) >= 11 is 11.9. The molecule has 0 radical (unpaired) electrons. The Bertz CT molecular complexity index is 902. The third-order valence-corrected chi connectivity index (χ3v) is 5.79. The zero-order valence-corrected chi connectivity index (χ0v) is 16.1. The number of rotatable bonds is 7. The van der Waals surface area contributed by atoms with Gasteiger partial charge in [0.15, 0.2) is 0 Å². The van der Waals surface area contributed by atoms with E-state index < -0.39 is 15.9 Å². The number of nitrogen functional groups attached to an aromatic ring is 1. The number of halogens is 2.